The van der Waals surface area contributed by atoms with Gasteiger partial charge in [0.1, 0.15) is 5.82 Å². The van der Waals surface area contributed by atoms with Crippen molar-refractivity contribution in [1.82, 2.24) is 4.98 Å². The molecule has 1 heterocycles. The summed E-state index contributed by atoms with van der Waals surface area (Å²) in [5.41, 5.74) is 11.2. The Morgan fingerprint density at radius 2 is 1.67 bits per heavy atom. The normalized spacial score (nSPS) is 20.9. The molecule has 0 saturated heterocycles. The van der Waals surface area contributed by atoms with Crippen molar-refractivity contribution in [2.24, 2.45) is 11.1 Å². The molecule has 2 amide bonds. The number of nitrogens with two attached hydrogens (primary N) is 1. The van der Waals surface area contributed by atoms with Gasteiger partial charge in [0.2, 0.25) is 11.8 Å². The lowest BCUT2D eigenvalue weighted by atomic mass is 9.52. The van der Waals surface area contributed by atoms with Crippen LogP contribution < -0.4 is 11.1 Å². The summed E-state index contributed by atoms with van der Waals surface area (Å²) in [6.07, 6.45) is 0.554. The number of primary amides is 1. The van der Waals surface area contributed by atoms with Crippen molar-refractivity contribution in [3.63, 3.8) is 0 Å². The van der Waals surface area contributed by atoms with Gasteiger partial charge in [-0.1, -0.05) is 60.7 Å². The molecule has 0 saturated carbocycles. The van der Waals surface area contributed by atoms with Crippen molar-refractivity contribution in [3.05, 3.63) is 118 Å². The Labute approximate surface area is 228 Å². The molecule has 3 N–H and O–H groups in total. The molecule has 3 unspecified atom stereocenters. The number of thiazole rings is 1. The highest BCUT2D eigenvalue weighted by atomic mass is 32.1. The maximum Gasteiger partial charge on any atom is 0.249 e. The number of carbonyl (C=O) groups excluding carboxylic acids is 2. The Bertz CT molecular complexity index is 1830. The second-order valence-electron chi connectivity index (χ2n) is 10.5. The molecule has 3 aliphatic carbocycles. The molecule has 5 aromatic rings. The lowest BCUT2D eigenvalue weighted by Crippen LogP contribution is -2.47. The van der Waals surface area contributed by atoms with Crippen molar-refractivity contribution in [2.45, 2.75) is 25.2 Å². The minimum Gasteiger partial charge on any atom is -0.366 e. The summed E-state index contributed by atoms with van der Waals surface area (Å²) in [5, 5.41) is 6.77. The number of hydrogen-bond donors (Lipinski definition) is 2. The quantitative estimate of drug-likeness (QED) is 0.266. The molecule has 0 aliphatic heterocycles. The molecule has 192 valence electrons. The van der Waals surface area contributed by atoms with Crippen LogP contribution in [0.3, 0.4) is 0 Å². The van der Waals surface area contributed by atoms with Crippen molar-refractivity contribution in [3.8, 4) is 11.3 Å². The van der Waals surface area contributed by atoms with Crippen LogP contribution in [0.25, 0.3) is 22.0 Å². The summed E-state index contributed by atoms with van der Waals surface area (Å²) in [6, 6.07) is 24.3. The fourth-order valence-corrected chi connectivity index (χ4v) is 7.40. The van der Waals surface area contributed by atoms with Crippen LogP contribution in [-0.2, 0) is 4.79 Å². The average molecular weight is 534 g/mol. The van der Waals surface area contributed by atoms with Crippen LogP contribution in [0.2, 0.25) is 0 Å². The summed E-state index contributed by atoms with van der Waals surface area (Å²) in [5.74, 6) is -1.19. The number of anilines is 1. The molecule has 0 spiro atoms. The van der Waals surface area contributed by atoms with Gasteiger partial charge in [-0.2, -0.15) is 0 Å². The Hall–Kier alpha value is -4.36. The summed E-state index contributed by atoms with van der Waals surface area (Å²) in [6.45, 7) is 2.00. The number of aromatic nitrogens is 1. The molecule has 3 aliphatic rings. The molecule has 5 nitrogen and oxygen atoms in total. The molecular formula is C32H24FN3O2S. The van der Waals surface area contributed by atoms with E-state index < -0.39 is 11.3 Å². The van der Waals surface area contributed by atoms with E-state index in [2.05, 4.69) is 17.4 Å². The standard InChI is InChI=1S/C32H24FN3O2S/c1-32(15-24-18-8-3-5-10-21(18)28(32)22-11-6-12-23(27(22)24)29(34)37)30(38)36-31-35-26(16-39-31)20-13-14-25(33)19-9-4-2-7-17(19)20/h2-14,16,24,28H,15H2,1H3,(H2,34,37)(H,35,36,38). The monoisotopic (exact) mass is 533 g/mol. The first-order valence-corrected chi connectivity index (χ1v) is 13.7. The van der Waals surface area contributed by atoms with E-state index in [1.807, 2.05) is 54.8 Å². The minimum atomic E-state index is -0.767. The van der Waals surface area contributed by atoms with E-state index in [1.54, 1.807) is 18.2 Å². The molecule has 8 rings (SSSR count). The Kier molecular flexibility index (Phi) is 5.22. The van der Waals surface area contributed by atoms with Crippen molar-refractivity contribution in [1.29, 1.82) is 0 Å². The van der Waals surface area contributed by atoms with Crippen LogP contribution in [0.5, 0.6) is 0 Å². The number of nitrogens with one attached hydrogen (secondary N) is 1. The molecule has 3 atom stereocenters. The summed E-state index contributed by atoms with van der Waals surface area (Å²) in [4.78, 5) is 31.1. The maximum atomic E-state index is 14.4. The topological polar surface area (TPSA) is 85.1 Å². The van der Waals surface area contributed by atoms with Gasteiger partial charge in [0.15, 0.2) is 5.13 Å². The predicted molar refractivity (Wildman–Crippen MR) is 151 cm³/mol. The Balaban J connectivity index is 1.26. The van der Waals surface area contributed by atoms with Crippen molar-refractivity contribution < 1.29 is 14.0 Å². The SMILES string of the molecule is CC1(C(=O)Nc2nc(-c3ccc(F)c4ccccc34)cs2)CC2c3ccccc3C1c1cccc(C(N)=O)c12. The smallest absolute Gasteiger partial charge is 0.249 e. The average Bonchev–Trinajstić information content (AvgIpc) is 3.41. The predicted octanol–water partition coefficient (Wildman–Crippen LogP) is 6.83. The van der Waals surface area contributed by atoms with E-state index in [4.69, 9.17) is 10.7 Å². The van der Waals surface area contributed by atoms with Crippen molar-refractivity contribution in [2.75, 3.05) is 5.32 Å². The van der Waals surface area contributed by atoms with E-state index in [9.17, 15) is 14.0 Å². The van der Waals surface area contributed by atoms with Crippen LogP contribution in [0, 0.1) is 11.2 Å². The third-order valence-corrected chi connectivity index (χ3v) is 9.16. The third-order valence-electron chi connectivity index (χ3n) is 8.40. The van der Waals surface area contributed by atoms with E-state index in [0.717, 1.165) is 33.2 Å². The first-order valence-electron chi connectivity index (χ1n) is 12.8. The second kappa shape index (κ2) is 8.58. The number of nitrogens with zero attached hydrogens (tertiary/aromatic N) is 1. The van der Waals surface area contributed by atoms with E-state index in [1.165, 1.54) is 17.4 Å². The number of benzene rings is 4. The first-order chi connectivity index (χ1) is 18.9. The minimum absolute atomic E-state index is 0.113. The van der Waals surface area contributed by atoms with Gasteiger partial charge < -0.3 is 11.1 Å². The summed E-state index contributed by atoms with van der Waals surface area (Å²) in [7, 11) is 0. The summed E-state index contributed by atoms with van der Waals surface area (Å²) >= 11 is 1.35. The van der Waals surface area contributed by atoms with Gasteiger partial charge in [0.05, 0.1) is 11.1 Å². The number of hydrogen-bond acceptors (Lipinski definition) is 4. The van der Waals surface area contributed by atoms with Gasteiger partial charge in [0, 0.05) is 33.7 Å². The third kappa shape index (κ3) is 3.46. The number of halogens is 1. The number of rotatable bonds is 4. The number of fused-ring (bicyclic) bond motifs is 2. The zero-order valence-corrected chi connectivity index (χ0v) is 21.9. The molecular weight excluding hydrogens is 509 g/mol. The molecule has 7 heteroatoms. The van der Waals surface area contributed by atoms with E-state index in [-0.39, 0.29) is 23.6 Å². The van der Waals surface area contributed by atoms with Gasteiger partial charge in [-0.25, -0.2) is 9.37 Å². The van der Waals surface area contributed by atoms with Crippen LogP contribution in [0.4, 0.5) is 9.52 Å². The zero-order chi connectivity index (χ0) is 26.9. The molecule has 2 bridgehead atoms. The van der Waals surface area contributed by atoms with Crippen LogP contribution in [0.1, 0.15) is 57.8 Å². The zero-order valence-electron chi connectivity index (χ0n) is 21.1. The van der Waals surface area contributed by atoms with E-state index in [0.29, 0.717) is 28.2 Å². The maximum absolute atomic E-state index is 14.4. The lowest BCUT2D eigenvalue weighted by Gasteiger charge is -2.51. The molecule has 39 heavy (non-hydrogen) atoms. The molecule has 4 aromatic carbocycles. The fourth-order valence-electron chi connectivity index (χ4n) is 6.70. The highest BCUT2D eigenvalue weighted by Crippen LogP contribution is 2.61. The highest BCUT2D eigenvalue weighted by Gasteiger charge is 2.54. The second-order valence-corrected chi connectivity index (χ2v) is 11.4. The van der Waals surface area contributed by atoms with Crippen LogP contribution >= 0.6 is 11.3 Å². The lowest BCUT2D eigenvalue weighted by molar-refractivity contribution is -0.126. The van der Waals surface area contributed by atoms with Gasteiger partial charge >= 0.3 is 0 Å². The first kappa shape index (κ1) is 23.7. The van der Waals surface area contributed by atoms with Gasteiger partial charge in [0.25, 0.3) is 0 Å². The summed E-state index contributed by atoms with van der Waals surface area (Å²) < 4.78 is 14.4. The largest absolute Gasteiger partial charge is 0.366 e. The van der Waals surface area contributed by atoms with Gasteiger partial charge in [-0.05, 0) is 59.2 Å². The molecule has 1 aromatic heterocycles. The highest BCUT2D eigenvalue weighted by molar-refractivity contribution is 7.14. The fraction of sp³-hybridized carbons (Fsp3) is 0.156. The molecule has 0 radical (unpaired) electrons. The van der Waals surface area contributed by atoms with Crippen LogP contribution in [0.15, 0.2) is 84.2 Å². The molecule has 0 fully saturated rings. The number of carbonyl (C=O) groups is 2. The van der Waals surface area contributed by atoms with Crippen molar-refractivity contribution >= 4 is 39.1 Å². The van der Waals surface area contributed by atoms with Gasteiger partial charge in [-0.3, -0.25) is 9.59 Å². The number of amides is 2. The Morgan fingerprint density at radius 3 is 2.46 bits per heavy atom. The van der Waals surface area contributed by atoms with Gasteiger partial charge in [-0.15, -0.1) is 11.3 Å². The van der Waals surface area contributed by atoms with E-state index >= 15 is 0 Å². The Morgan fingerprint density at radius 1 is 0.949 bits per heavy atom. The van der Waals surface area contributed by atoms with Crippen LogP contribution in [-0.4, -0.2) is 16.8 Å².